The normalized spacial score (nSPS) is 10.6. The van der Waals surface area contributed by atoms with Crippen molar-refractivity contribution in [3.8, 4) is 11.5 Å². The molecule has 0 spiro atoms. The molecule has 2 heterocycles. The molecular formula is C14H13N3O2. The zero-order chi connectivity index (χ0) is 13.1. The van der Waals surface area contributed by atoms with Crippen molar-refractivity contribution in [2.24, 2.45) is 0 Å². The van der Waals surface area contributed by atoms with E-state index in [1.165, 1.54) is 0 Å². The first kappa shape index (κ1) is 11.5. The summed E-state index contributed by atoms with van der Waals surface area (Å²) in [6.07, 6.45) is 1.66. The molecule has 3 aromatic rings. The number of anilines is 1. The van der Waals surface area contributed by atoms with Gasteiger partial charge < -0.3 is 14.2 Å². The number of rotatable bonds is 4. The summed E-state index contributed by atoms with van der Waals surface area (Å²) in [6.45, 7) is 2.38. The minimum atomic E-state index is 0.514. The fourth-order valence-corrected chi connectivity index (χ4v) is 1.82. The molecule has 1 aromatic carbocycles. The number of benzene rings is 1. The molecule has 0 aliphatic rings. The van der Waals surface area contributed by atoms with Crippen molar-refractivity contribution in [1.82, 2.24) is 10.2 Å². The lowest BCUT2D eigenvalue weighted by Gasteiger charge is -2.08. The van der Waals surface area contributed by atoms with Gasteiger partial charge in [0, 0.05) is 12.6 Å². The van der Waals surface area contributed by atoms with Crippen LogP contribution in [-0.2, 0) is 6.54 Å². The van der Waals surface area contributed by atoms with Gasteiger partial charge in [-0.2, -0.15) is 0 Å². The van der Waals surface area contributed by atoms with E-state index in [2.05, 4.69) is 15.5 Å². The van der Waals surface area contributed by atoms with Crippen LogP contribution in [-0.4, -0.2) is 10.2 Å². The number of furan rings is 1. The second kappa shape index (κ2) is 4.97. The maximum atomic E-state index is 5.46. The van der Waals surface area contributed by atoms with E-state index in [9.17, 15) is 0 Å². The van der Waals surface area contributed by atoms with Crippen molar-refractivity contribution in [3.63, 3.8) is 0 Å². The standard InChI is InChI=1S/C14H13N3O2/c1-10-16-17-14(19-10)12-6-2-3-7-13(12)15-9-11-5-4-8-18-11/h2-8,15H,9H2,1H3. The van der Waals surface area contributed by atoms with Crippen LogP contribution in [0.4, 0.5) is 5.69 Å². The summed E-state index contributed by atoms with van der Waals surface area (Å²) in [5.74, 6) is 1.94. The van der Waals surface area contributed by atoms with E-state index in [0.29, 0.717) is 18.3 Å². The highest BCUT2D eigenvalue weighted by atomic mass is 16.4. The van der Waals surface area contributed by atoms with Gasteiger partial charge in [0.25, 0.3) is 0 Å². The van der Waals surface area contributed by atoms with Crippen molar-refractivity contribution in [3.05, 3.63) is 54.3 Å². The first-order valence-electron chi connectivity index (χ1n) is 5.99. The van der Waals surface area contributed by atoms with Crippen LogP contribution in [0.25, 0.3) is 11.5 Å². The number of nitrogens with one attached hydrogen (secondary N) is 1. The molecule has 2 aromatic heterocycles. The molecule has 0 bridgehead atoms. The van der Waals surface area contributed by atoms with E-state index >= 15 is 0 Å². The smallest absolute Gasteiger partial charge is 0.249 e. The summed E-state index contributed by atoms with van der Waals surface area (Å²) in [6, 6.07) is 11.6. The molecule has 0 unspecified atom stereocenters. The van der Waals surface area contributed by atoms with Crippen molar-refractivity contribution >= 4 is 5.69 Å². The Morgan fingerprint density at radius 2 is 2.00 bits per heavy atom. The number of para-hydroxylation sites is 1. The van der Waals surface area contributed by atoms with Crippen LogP contribution in [0.2, 0.25) is 0 Å². The number of aromatic nitrogens is 2. The Kier molecular flexibility index (Phi) is 3.02. The lowest BCUT2D eigenvalue weighted by atomic mass is 10.1. The molecule has 5 nitrogen and oxygen atoms in total. The molecule has 96 valence electrons. The summed E-state index contributed by atoms with van der Waals surface area (Å²) >= 11 is 0. The highest BCUT2D eigenvalue weighted by Gasteiger charge is 2.10. The van der Waals surface area contributed by atoms with E-state index < -0.39 is 0 Å². The molecule has 5 heteroatoms. The summed E-state index contributed by atoms with van der Waals surface area (Å²) in [5, 5.41) is 11.2. The van der Waals surface area contributed by atoms with Crippen molar-refractivity contribution in [1.29, 1.82) is 0 Å². The Morgan fingerprint density at radius 1 is 1.11 bits per heavy atom. The molecule has 19 heavy (non-hydrogen) atoms. The molecule has 0 radical (unpaired) electrons. The van der Waals surface area contributed by atoms with Crippen molar-refractivity contribution in [2.75, 3.05) is 5.32 Å². The number of hydrogen-bond donors (Lipinski definition) is 1. The molecule has 0 amide bonds. The molecule has 1 N–H and O–H groups in total. The van der Waals surface area contributed by atoms with Gasteiger partial charge in [-0.1, -0.05) is 12.1 Å². The summed E-state index contributed by atoms with van der Waals surface area (Å²) in [7, 11) is 0. The second-order valence-corrected chi connectivity index (χ2v) is 4.10. The summed E-state index contributed by atoms with van der Waals surface area (Å²) in [4.78, 5) is 0. The van der Waals surface area contributed by atoms with Gasteiger partial charge >= 0.3 is 0 Å². The van der Waals surface area contributed by atoms with Gasteiger partial charge in [-0.05, 0) is 24.3 Å². The number of nitrogens with zero attached hydrogens (tertiary/aromatic N) is 2. The molecule has 0 saturated heterocycles. The molecule has 0 fully saturated rings. The fourth-order valence-electron chi connectivity index (χ4n) is 1.82. The number of hydrogen-bond acceptors (Lipinski definition) is 5. The van der Waals surface area contributed by atoms with Gasteiger partial charge in [0.05, 0.1) is 18.4 Å². The minimum Gasteiger partial charge on any atom is -0.467 e. The van der Waals surface area contributed by atoms with Crippen LogP contribution in [0.15, 0.2) is 51.5 Å². The lowest BCUT2D eigenvalue weighted by Crippen LogP contribution is -1.99. The predicted molar refractivity (Wildman–Crippen MR) is 70.5 cm³/mol. The third-order valence-corrected chi connectivity index (χ3v) is 2.72. The van der Waals surface area contributed by atoms with E-state index in [4.69, 9.17) is 8.83 Å². The van der Waals surface area contributed by atoms with Gasteiger partial charge in [0.2, 0.25) is 11.8 Å². The van der Waals surface area contributed by atoms with E-state index in [1.54, 1.807) is 13.2 Å². The van der Waals surface area contributed by atoms with Gasteiger partial charge in [0.15, 0.2) is 0 Å². The molecule has 0 atom stereocenters. The van der Waals surface area contributed by atoms with Crippen LogP contribution in [0, 0.1) is 6.92 Å². The molecule has 0 saturated carbocycles. The fraction of sp³-hybridized carbons (Fsp3) is 0.143. The molecule has 0 aliphatic heterocycles. The summed E-state index contributed by atoms with van der Waals surface area (Å²) < 4.78 is 10.8. The van der Waals surface area contributed by atoms with E-state index in [1.807, 2.05) is 36.4 Å². The topological polar surface area (TPSA) is 64.1 Å². The third kappa shape index (κ3) is 2.49. The maximum Gasteiger partial charge on any atom is 0.249 e. The molecule has 3 rings (SSSR count). The zero-order valence-electron chi connectivity index (χ0n) is 10.5. The highest BCUT2D eigenvalue weighted by Crippen LogP contribution is 2.26. The Morgan fingerprint density at radius 3 is 2.74 bits per heavy atom. The van der Waals surface area contributed by atoms with Gasteiger partial charge in [0.1, 0.15) is 5.76 Å². The Hall–Kier alpha value is -2.56. The average Bonchev–Trinajstić information content (AvgIpc) is 3.08. The van der Waals surface area contributed by atoms with Gasteiger partial charge in [-0.3, -0.25) is 0 Å². The number of aryl methyl sites for hydroxylation is 1. The predicted octanol–water partition coefficient (Wildman–Crippen LogP) is 3.25. The van der Waals surface area contributed by atoms with E-state index in [-0.39, 0.29) is 0 Å². The van der Waals surface area contributed by atoms with Crippen molar-refractivity contribution in [2.45, 2.75) is 13.5 Å². The van der Waals surface area contributed by atoms with Crippen molar-refractivity contribution < 1.29 is 8.83 Å². The SMILES string of the molecule is Cc1nnc(-c2ccccc2NCc2ccco2)o1. The second-order valence-electron chi connectivity index (χ2n) is 4.10. The van der Waals surface area contributed by atoms with Crippen LogP contribution in [0.3, 0.4) is 0 Å². The lowest BCUT2D eigenvalue weighted by molar-refractivity contribution is 0.517. The quantitative estimate of drug-likeness (QED) is 0.775. The minimum absolute atomic E-state index is 0.514. The van der Waals surface area contributed by atoms with Gasteiger partial charge in [-0.25, -0.2) is 0 Å². The monoisotopic (exact) mass is 255 g/mol. The average molecular weight is 255 g/mol. The van der Waals surface area contributed by atoms with Crippen LogP contribution in [0.5, 0.6) is 0 Å². The van der Waals surface area contributed by atoms with Crippen LogP contribution >= 0.6 is 0 Å². The first-order valence-corrected chi connectivity index (χ1v) is 5.99. The highest BCUT2D eigenvalue weighted by molar-refractivity contribution is 5.72. The molecular weight excluding hydrogens is 242 g/mol. The third-order valence-electron chi connectivity index (χ3n) is 2.72. The summed E-state index contributed by atoms with van der Waals surface area (Å²) in [5.41, 5.74) is 1.82. The Balaban J connectivity index is 1.85. The van der Waals surface area contributed by atoms with E-state index in [0.717, 1.165) is 17.0 Å². The first-order chi connectivity index (χ1) is 9.33. The van der Waals surface area contributed by atoms with Crippen LogP contribution in [0.1, 0.15) is 11.7 Å². The Labute approximate surface area is 110 Å². The molecule has 0 aliphatic carbocycles. The van der Waals surface area contributed by atoms with Gasteiger partial charge in [-0.15, -0.1) is 10.2 Å². The maximum absolute atomic E-state index is 5.46. The largest absolute Gasteiger partial charge is 0.467 e. The van der Waals surface area contributed by atoms with Crippen LogP contribution < -0.4 is 5.32 Å². The Bertz CT molecular complexity index is 659. The zero-order valence-corrected chi connectivity index (χ0v) is 10.5.